The monoisotopic (exact) mass is 383 g/mol. The van der Waals surface area contributed by atoms with Crippen molar-refractivity contribution in [1.82, 2.24) is 5.32 Å². The molecule has 0 aliphatic rings. The van der Waals surface area contributed by atoms with E-state index in [0.717, 1.165) is 7.11 Å². The maximum atomic E-state index is 12.8. The van der Waals surface area contributed by atoms with Gasteiger partial charge in [0.25, 0.3) is 5.91 Å². The van der Waals surface area contributed by atoms with Gasteiger partial charge in [0.15, 0.2) is 0 Å². The Hall–Kier alpha value is -2.52. The molecule has 10 heteroatoms. The van der Waals surface area contributed by atoms with Crippen molar-refractivity contribution < 1.29 is 40.7 Å². The topological polar surface area (TPSA) is 55.4 Å². The van der Waals surface area contributed by atoms with Gasteiger partial charge in [0.1, 0.15) is 6.04 Å². The van der Waals surface area contributed by atoms with Crippen LogP contribution in [0.5, 0.6) is 0 Å². The number of hydrogen-bond donors (Lipinski definition) is 1. The smallest absolute Gasteiger partial charge is 0.416 e. The minimum Gasteiger partial charge on any atom is -0.467 e. The third-order valence-electron chi connectivity index (χ3n) is 3.19. The van der Waals surface area contributed by atoms with Gasteiger partial charge in [-0.25, -0.2) is 4.79 Å². The first-order chi connectivity index (χ1) is 11.8. The standard InChI is InChI=1S/C16H15F6NO3/c1-8(2)4-12(14(25)26-3)23-13(24)9-5-10(15(17,18)19)7-11(6-9)16(20,21)22/h5-7,12H,1,4H2,2-3H3,(H,23,24)/t12-/m0/s1. The number of esters is 1. The van der Waals surface area contributed by atoms with Crippen molar-refractivity contribution in [2.45, 2.75) is 31.7 Å². The van der Waals surface area contributed by atoms with Crippen LogP contribution >= 0.6 is 0 Å². The molecule has 0 spiro atoms. The summed E-state index contributed by atoms with van der Waals surface area (Å²) in [6, 6.07) is -0.837. The summed E-state index contributed by atoms with van der Waals surface area (Å²) in [5.74, 6) is -2.19. The third-order valence-corrected chi connectivity index (χ3v) is 3.19. The summed E-state index contributed by atoms with van der Waals surface area (Å²) in [6.07, 6.45) is -10.3. The Morgan fingerprint density at radius 1 is 1.08 bits per heavy atom. The number of alkyl halides is 6. The van der Waals surface area contributed by atoms with E-state index in [1.54, 1.807) is 0 Å². The van der Waals surface area contributed by atoms with Gasteiger partial charge in [-0.05, 0) is 31.5 Å². The Morgan fingerprint density at radius 3 is 1.88 bits per heavy atom. The Bertz CT molecular complexity index is 677. The number of benzene rings is 1. The second kappa shape index (κ2) is 7.79. The molecule has 1 N–H and O–H groups in total. The van der Waals surface area contributed by atoms with Gasteiger partial charge < -0.3 is 10.1 Å². The van der Waals surface area contributed by atoms with Crippen molar-refractivity contribution in [3.05, 3.63) is 47.0 Å². The van der Waals surface area contributed by atoms with Gasteiger partial charge in [-0.2, -0.15) is 26.3 Å². The van der Waals surface area contributed by atoms with Gasteiger partial charge in [-0.3, -0.25) is 4.79 Å². The molecule has 0 saturated heterocycles. The van der Waals surface area contributed by atoms with Crippen molar-refractivity contribution in [3.63, 3.8) is 0 Å². The summed E-state index contributed by atoms with van der Waals surface area (Å²) in [5.41, 5.74) is -3.71. The Morgan fingerprint density at radius 2 is 1.54 bits per heavy atom. The van der Waals surface area contributed by atoms with Crippen molar-refractivity contribution >= 4 is 11.9 Å². The minimum atomic E-state index is -5.09. The van der Waals surface area contributed by atoms with Crippen LogP contribution in [0.2, 0.25) is 0 Å². The quantitative estimate of drug-likeness (QED) is 0.476. The molecule has 4 nitrogen and oxygen atoms in total. The number of carbonyl (C=O) groups is 2. The highest BCUT2D eigenvalue weighted by molar-refractivity contribution is 5.97. The van der Waals surface area contributed by atoms with Crippen LogP contribution in [0.4, 0.5) is 26.3 Å². The van der Waals surface area contributed by atoms with Crippen LogP contribution in [-0.2, 0) is 21.9 Å². The third kappa shape index (κ3) is 5.78. The summed E-state index contributed by atoms with van der Waals surface area (Å²) in [5, 5.41) is 2.06. The molecule has 0 radical (unpaired) electrons. The molecule has 1 aromatic carbocycles. The van der Waals surface area contributed by atoms with Gasteiger partial charge in [-0.1, -0.05) is 5.57 Å². The van der Waals surface area contributed by atoms with Crippen molar-refractivity contribution in [2.24, 2.45) is 0 Å². The minimum absolute atomic E-state index is 0.0937. The highest BCUT2D eigenvalue weighted by Gasteiger charge is 2.37. The van der Waals surface area contributed by atoms with Crippen LogP contribution in [0.15, 0.2) is 30.4 Å². The molecule has 0 heterocycles. The summed E-state index contributed by atoms with van der Waals surface area (Å²) in [7, 11) is 1.02. The largest absolute Gasteiger partial charge is 0.467 e. The maximum Gasteiger partial charge on any atom is 0.416 e. The first kappa shape index (κ1) is 21.5. The van der Waals surface area contributed by atoms with Gasteiger partial charge in [0.05, 0.1) is 18.2 Å². The number of methoxy groups -OCH3 is 1. The number of rotatable bonds is 5. The Kier molecular flexibility index (Phi) is 6.45. The molecule has 0 unspecified atom stereocenters. The molecular weight excluding hydrogens is 368 g/mol. The van der Waals surface area contributed by atoms with Gasteiger partial charge in [0, 0.05) is 5.56 Å². The Balaban J connectivity index is 3.29. The summed E-state index contributed by atoms with van der Waals surface area (Å²) in [6.45, 7) is 5.05. The first-order valence-corrected chi connectivity index (χ1v) is 7.08. The fraction of sp³-hybridized carbons (Fsp3) is 0.375. The average Bonchev–Trinajstić information content (AvgIpc) is 2.50. The lowest BCUT2D eigenvalue weighted by molar-refractivity contribution is -0.144. The van der Waals surface area contributed by atoms with Gasteiger partial charge in [-0.15, -0.1) is 6.58 Å². The van der Waals surface area contributed by atoms with Crippen molar-refractivity contribution in [2.75, 3.05) is 7.11 Å². The van der Waals surface area contributed by atoms with Gasteiger partial charge in [0.2, 0.25) is 0 Å². The molecule has 0 saturated carbocycles. The zero-order valence-electron chi connectivity index (χ0n) is 13.7. The zero-order valence-corrected chi connectivity index (χ0v) is 13.7. The highest BCUT2D eigenvalue weighted by atomic mass is 19.4. The maximum absolute atomic E-state index is 12.8. The van der Waals surface area contributed by atoms with Crippen molar-refractivity contribution in [3.8, 4) is 0 Å². The van der Waals surface area contributed by atoms with E-state index in [2.05, 4.69) is 16.6 Å². The lowest BCUT2D eigenvalue weighted by Gasteiger charge is -2.18. The van der Waals surface area contributed by atoms with Gasteiger partial charge >= 0.3 is 18.3 Å². The average molecular weight is 383 g/mol. The predicted octanol–water partition coefficient (Wildman–Crippen LogP) is 3.96. The molecule has 1 rings (SSSR count). The molecule has 26 heavy (non-hydrogen) atoms. The zero-order chi connectivity index (χ0) is 20.3. The van der Waals surface area contributed by atoms with E-state index in [0.29, 0.717) is 5.57 Å². The fourth-order valence-electron chi connectivity index (χ4n) is 2.01. The van der Waals surface area contributed by atoms with E-state index < -0.39 is 47.0 Å². The van der Waals surface area contributed by atoms with Crippen LogP contribution in [-0.4, -0.2) is 25.0 Å². The molecule has 0 aromatic heterocycles. The Labute approximate surface area is 144 Å². The molecule has 144 valence electrons. The van der Waals surface area contributed by atoms with E-state index >= 15 is 0 Å². The molecule has 1 atom stereocenters. The summed E-state index contributed by atoms with van der Waals surface area (Å²) >= 11 is 0. The molecule has 1 amide bonds. The highest BCUT2D eigenvalue weighted by Crippen LogP contribution is 2.36. The molecule has 1 aromatic rings. The fourth-order valence-corrected chi connectivity index (χ4v) is 2.01. The van der Waals surface area contributed by atoms with Crippen LogP contribution in [0.25, 0.3) is 0 Å². The summed E-state index contributed by atoms with van der Waals surface area (Å²) in [4.78, 5) is 23.8. The number of amides is 1. The number of halogens is 6. The first-order valence-electron chi connectivity index (χ1n) is 7.08. The van der Waals surface area contributed by atoms with Crippen LogP contribution < -0.4 is 5.32 Å². The van der Waals surface area contributed by atoms with Crippen molar-refractivity contribution in [1.29, 1.82) is 0 Å². The molecule has 0 fully saturated rings. The molecule has 0 aliphatic heterocycles. The van der Waals surface area contributed by atoms with Crippen LogP contribution in [0.1, 0.15) is 34.8 Å². The second-order valence-corrected chi connectivity index (χ2v) is 5.50. The van der Waals surface area contributed by atoms with E-state index in [1.807, 2.05) is 0 Å². The molecule has 0 aliphatic carbocycles. The second-order valence-electron chi connectivity index (χ2n) is 5.50. The lowest BCUT2D eigenvalue weighted by Crippen LogP contribution is -2.41. The van der Waals surface area contributed by atoms with Crippen LogP contribution in [0.3, 0.4) is 0 Å². The summed E-state index contributed by atoms with van der Waals surface area (Å²) < 4.78 is 81.4. The van der Waals surface area contributed by atoms with Crippen LogP contribution in [0, 0.1) is 0 Å². The SMILES string of the molecule is C=C(C)C[C@H](NC(=O)c1cc(C(F)(F)F)cc(C(F)(F)F)c1)C(=O)OC. The normalized spacial score (nSPS) is 13.1. The van der Waals surface area contributed by atoms with E-state index in [4.69, 9.17) is 0 Å². The number of nitrogens with one attached hydrogen (secondary N) is 1. The molecular formula is C16H15F6NO3. The van der Waals surface area contributed by atoms with E-state index in [1.165, 1.54) is 6.92 Å². The number of carbonyl (C=O) groups excluding carboxylic acids is 2. The predicted molar refractivity (Wildman–Crippen MR) is 79.1 cm³/mol. The lowest BCUT2D eigenvalue weighted by atomic mass is 10.0. The number of ether oxygens (including phenoxy) is 1. The number of hydrogen-bond acceptors (Lipinski definition) is 3. The van der Waals surface area contributed by atoms with E-state index in [9.17, 15) is 35.9 Å². The molecule has 0 bridgehead atoms. The van der Waals surface area contributed by atoms with E-state index in [-0.39, 0.29) is 24.6 Å².